The molecule has 0 aliphatic carbocycles. The van der Waals surface area contributed by atoms with Crippen molar-refractivity contribution in [2.45, 2.75) is 38.8 Å². The Labute approximate surface area is 141 Å². The maximum absolute atomic E-state index is 5.63. The topological polar surface area (TPSA) is 36.5 Å². The summed E-state index contributed by atoms with van der Waals surface area (Å²) in [5, 5.41) is 6.73. The van der Waals surface area contributed by atoms with Crippen molar-refractivity contribution in [3.8, 4) is 0 Å². The highest BCUT2D eigenvalue weighted by Gasteiger charge is 2.35. The minimum absolute atomic E-state index is 0.0608. The molecule has 4 aliphatic heterocycles. The van der Waals surface area contributed by atoms with Crippen LogP contribution in [0.1, 0.15) is 33.1 Å². The molecule has 2 unspecified atom stereocenters. The van der Waals surface area contributed by atoms with Crippen LogP contribution < -0.4 is 10.6 Å². The molecular formula is C17H35N3OS. The molecule has 130 valence electrons. The first-order valence-electron chi connectivity index (χ1n) is 9.12. The van der Waals surface area contributed by atoms with Gasteiger partial charge in [-0.1, -0.05) is 13.8 Å². The van der Waals surface area contributed by atoms with Gasteiger partial charge in [0.2, 0.25) is 0 Å². The summed E-state index contributed by atoms with van der Waals surface area (Å²) in [5.41, 5.74) is 0.0608. The van der Waals surface area contributed by atoms with Crippen molar-refractivity contribution in [1.29, 1.82) is 0 Å². The Morgan fingerprint density at radius 1 is 1.05 bits per heavy atom. The van der Waals surface area contributed by atoms with E-state index in [1.807, 2.05) is 13.8 Å². The fraction of sp³-hybridized carbons (Fsp3) is 1.00. The molecule has 4 aliphatic rings. The molecule has 2 atom stereocenters. The standard InChI is InChI=1S/C8H15NS.C7H14N2O.C2H6/c1-9-3-7-2-8(4-9)6-10-5-7;1-3-8-4-2-7(1)9-5-6-10-7;1-2/h7-8H,2-6H2,1H3;8-9H,1-6H2;1-2H3. The van der Waals surface area contributed by atoms with Crippen LogP contribution in [0.2, 0.25) is 0 Å². The third-order valence-corrected chi connectivity index (χ3v) is 6.27. The van der Waals surface area contributed by atoms with E-state index in [4.69, 9.17) is 4.74 Å². The molecule has 0 aromatic heterocycles. The van der Waals surface area contributed by atoms with Crippen molar-refractivity contribution >= 4 is 11.8 Å². The van der Waals surface area contributed by atoms with Gasteiger partial charge in [-0.05, 0) is 49.9 Å². The van der Waals surface area contributed by atoms with Crippen molar-refractivity contribution in [3.63, 3.8) is 0 Å². The average molecular weight is 330 g/mol. The lowest BCUT2D eigenvalue weighted by Gasteiger charge is -2.39. The van der Waals surface area contributed by atoms with Crippen LogP contribution in [-0.4, -0.2) is 68.5 Å². The first-order valence-corrected chi connectivity index (χ1v) is 10.3. The number of thioether (sulfide) groups is 1. The van der Waals surface area contributed by atoms with Crippen LogP contribution >= 0.6 is 11.8 Å². The summed E-state index contributed by atoms with van der Waals surface area (Å²) < 4.78 is 5.63. The summed E-state index contributed by atoms with van der Waals surface area (Å²) in [6.07, 6.45) is 3.75. The third-order valence-electron chi connectivity index (χ3n) is 4.85. The number of nitrogens with one attached hydrogen (secondary N) is 2. The van der Waals surface area contributed by atoms with Crippen LogP contribution in [0.3, 0.4) is 0 Å². The van der Waals surface area contributed by atoms with Gasteiger partial charge in [-0.3, -0.25) is 5.32 Å². The summed E-state index contributed by atoms with van der Waals surface area (Å²) in [5.74, 6) is 4.87. The number of ether oxygens (including phenoxy) is 1. The molecule has 22 heavy (non-hydrogen) atoms. The Morgan fingerprint density at radius 2 is 1.68 bits per heavy atom. The van der Waals surface area contributed by atoms with E-state index in [1.165, 1.54) is 31.0 Å². The van der Waals surface area contributed by atoms with Crippen molar-refractivity contribution in [3.05, 3.63) is 0 Å². The van der Waals surface area contributed by atoms with Crippen molar-refractivity contribution in [1.82, 2.24) is 15.5 Å². The maximum Gasteiger partial charge on any atom is 0.121 e. The zero-order valence-corrected chi connectivity index (χ0v) is 15.5. The Hall–Kier alpha value is 0.190. The van der Waals surface area contributed by atoms with E-state index < -0.39 is 0 Å². The number of hydrogen-bond acceptors (Lipinski definition) is 5. The number of rotatable bonds is 0. The van der Waals surface area contributed by atoms with Crippen molar-refractivity contribution < 1.29 is 4.74 Å². The molecule has 2 bridgehead atoms. The Balaban J connectivity index is 0.000000144. The molecular weight excluding hydrogens is 294 g/mol. The summed E-state index contributed by atoms with van der Waals surface area (Å²) in [4.78, 5) is 2.50. The van der Waals surface area contributed by atoms with Gasteiger partial charge in [0.1, 0.15) is 5.72 Å². The van der Waals surface area contributed by atoms with E-state index in [0.29, 0.717) is 0 Å². The zero-order chi connectivity index (χ0) is 15.8. The fourth-order valence-corrected chi connectivity index (χ4v) is 5.23. The molecule has 0 saturated carbocycles. The highest BCUT2D eigenvalue weighted by molar-refractivity contribution is 7.99. The number of likely N-dealkylation sites (tertiary alicyclic amines) is 1. The van der Waals surface area contributed by atoms with Crippen LogP contribution in [0.25, 0.3) is 0 Å². The third kappa shape index (κ3) is 5.38. The second-order valence-electron chi connectivity index (χ2n) is 6.75. The van der Waals surface area contributed by atoms with Gasteiger partial charge in [0.15, 0.2) is 0 Å². The van der Waals surface area contributed by atoms with Crippen LogP contribution in [0.4, 0.5) is 0 Å². The van der Waals surface area contributed by atoms with Gasteiger partial charge < -0.3 is 15.0 Å². The van der Waals surface area contributed by atoms with E-state index in [9.17, 15) is 0 Å². The van der Waals surface area contributed by atoms with Crippen LogP contribution in [0.15, 0.2) is 0 Å². The minimum Gasteiger partial charge on any atom is -0.359 e. The van der Waals surface area contributed by atoms with Crippen molar-refractivity contribution in [2.24, 2.45) is 11.8 Å². The number of hydrogen-bond donors (Lipinski definition) is 2. The first kappa shape index (κ1) is 18.5. The molecule has 4 nitrogen and oxygen atoms in total. The minimum atomic E-state index is 0.0608. The van der Waals surface area contributed by atoms with E-state index >= 15 is 0 Å². The van der Waals surface area contributed by atoms with Crippen LogP contribution in [0.5, 0.6) is 0 Å². The largest absolute Gasteiger partial charge is 0.359 e. The predicted molar refractivity (Wildman–Crippen MR) is 96.6 cm³/mol. The lowest BCUT2D eigenvalue weighted by molar-refractivity contribution is -0.0331. The second-order valence-corrected chi connectivity index (χ2v) is 7.82. The highest BCUT2D eigenvalue weighted by atomic mass is 32.2. The lowest BCUT2D eigenvalue weighted by atomic mass is 9.91. The molecule has 0 amide bonds. The Morgan fingerprint density at radius 3 is 2.23 bits per heavy atom. The van der Waals surface area contributed by atoms with Gasteiger partial charge in [-0.15, -0.1) is 0 Å². The average Bonchev–Trinajstić information content (AvgIpc) is 2.98. The maximum atomic E-state index is 5.63. The smallest absolute Gasteiger partial charge is 0.121 e. The van der Waals surface area contributed by atoms with Gasteiger partial charge in [-0.2, -0.15) is 11.8 Å². The van der Waals surface area contributed by atoms with Gasteiger partial charge in [0.05, 0.1) is 6.61 Å². The monoisotopic (exact) mass is 329 g/mol. The van der Waals surface area contributed by atoms with E-state index in [0.717, 1.165) is 50.9 Å². The zero-order valence-electron chi connectivity index (χ0n) is 14.7. The number of fused-ring (bicyclic) bond motifs is 2. The second kappa shape index (κ2) is 9.48. The molecule has 0 aromatic rings. The highest BCUT2D eigenvalue weighted by Crippen LogP contribution is 2.32. The molecule has 4 saturated heterocycles. The fourth-order valence-electron chi connectivity index (χ4n) is 3.95. The quantitative estimate of drug-likeness (QED) is 0.711. The summed E-state index contributed by atoms with van der Waals surface area (Å²) >= 11 is 2.16. The van der Waals surface area contributed by atoms with E-state index in [2.05, 4.69) is 34.3 Å². The van der Waals surface area contributed by atoms with Crippen molar-refractivity contribution in [2.75, 3.05) is 57.9 Å². The Kier molecular flexibility index (Phi) is 7.98. The van der Waals surface area contributed by atoms with Gasteiger partial charge in [0, 0.05) is 32.5 Å². The van der Waals surface area contributed by atoms with Gasteiger partial charge >= 0.3 is 0 Å². The molecule has 2 N–H and O–H groups in total. The molecule has 4 rings (SSSR count). The van der Waals surface area contributed by atoms with E-state index in [1.54, 1.807) is 0 Å². The summed E-state index contributed by atoms with van der Waals surface area (Å²) in [7, 11) is 2.26. The summed E-state index contributed by atoms with van der Waals surface area (Å²) in [6, 6.07) is 0. The van der Waals surface area contributed by atoms with Gasteiger partial charge in [0.25, 0.3) is 0 Å². The number of piperidine rings is 2. The molecule has 0 aromatic carbocycles. The van der Waals surface area contributed by atoms with E-state index in [-0.39, 0.29) is 5.72 Å². The first-order chi connectivity index (χ1) is 10.8. The molecule has 1 spiro atoms. The van der Waals surface area contributed by atoms with Crippen LogP contribution in [0, 0.1) is 11.8 Å². The SMILES string of the molecule is C1CC2(CCN1)NCCO2.CC.CN1CC2CSCC(C2)C1. The molecule has 4 fully saturated rings. The number of nitrogens with zero attached hydrogens (tertiary/aromatic N) is 1. The normalized spacial score (nSPS) is 33.4. The van der Waals surface area contributed by atoms with Gasteiger partial charge in [-0.25, -0.2) is 0 Å². The molecule has 0 radical (unpaired) electrons. The van der Waals surface area contributed by atoms with Crippen LogP contribution in [-0.2, 0) is 4.74 Å². The molecule has 5 heteroatoms. The lowest BCUT2D eigenvalue weighted by Crippen LogP contribution is -2.49. The predicted octanol–water partition coefficient (Wildman–Crippen LogP) is 2.01. The Bertz CT molecular complexity index is 286. The summed E-state index contributed by atoms with van der Waals surface area (Å²) in [6.45, 7) is 10.8. The molecule has 4 heterocycles.